The number of nitrogens with zero attached hydrogens (tertiary/aromatic N) is 3. The molecule has 1 fully saturated rings. The Morgan fingerprint density at radius 2 is 1.87 bits per heavy atom. The lowest BCUT2D eigenvalue weighted by atomic mass is 9.94. The molecule has 38 heavy (non-hydrogen) atoms. The molecule has 2 N–H and O–H groups in total. The molecule has 1 aromatic carbocycles. The topological polar surface area (TPSA) is 104 Å². The van der Waals surface area contributed by atoms with Gasteiger partial charge in [-0.3, -0.25) is 24.1 Å². The van der Waals surface area contributed by atoms with E-state index in [1.165, 1.54) is 10.9 Å². The molecule has 3 atom stereocenters. The van der Waals surface area contributed by atoms with Gasteiger partial charge in [0.25, 0.3) is 11.8 Å². The average Bonchev–Trinajstić information content (AvgIpc) is 2.97. The molecule has 3 heterocycles. The van der Waals surface area contributed by atoms with Crippen LogP contribution in [0.2, 0.25) is 0 Å². The largest absolute Gasteiger partial charge is 0.487 e. The van der Waals surface area contributed by atoms with Crippen molar-refractivity contribution in [1.29, 1.82) is 0 Å². The second kappa shape index (κ2) is 11.1. The first-order chi connectivity index (χ1) is 18.1. The molecule has 1 aromatic heterocycles. The van der Waals surface area contributed by atoms with Crippen molar-refractivity contribution < 1.29 is 32.6 Å². The molecule has 1 saturated heterocycles. The van der Waals surface area contributed by atoms with Crippen LogP contribution in [-0.4, -0.2) is 58.5 Å². The summed E-state index contributed by atoms with van der Waals surface area (Å²) in [5.74, 6) is -5.34. The summed E-state index contributed by atoms with van der Waals surface area (Å²) in [4.78, 5) is 41.8. The van der Waals surface area contributed by atoms with Crippen molar-refractivity contribution >= 4 is 11.8 Å². The molecule has 2 aromatic rings. The highest BCUT2D eigenvalue weighted by Gasteiger charge is 2.43. The smallest absolute Gasteiger partial charge is 0.278 e. The number of rotatable bonds is 8. The van der Waals surface area contributed by atoms with Gasteiger partial charge in [-0.15, -0.1) is 0 Å². The van der Waals surface area contributed by atoms with Crippen LogP contribution < -0.4 is 20.5 Å². The summed E-state index contributed by atoms with van der Waals surface area (Å²) >= 11 is 0. The van der Waals surface area contributed by atoms with E-state index in [0.29, 0.717) is 25.0 Å². The Morgan fingerprint density at radius 3 is 2.50 bits per heavy atom. The van der Waals surface area contributed by atoms with Crippen LogP contribution in [-0.2, 0) is 6.54 Å². The third-order valence-corrected chi connectivity index (χ3v) is 7.27. The summed E-state index contributed by atoms with van der Waals surface area (Å²) in [5, 5.41) is 14.1. The Hall–Kier alpha value is -3.54. The lowest BCUT2D eigenvalue weighted by Gasteiger charge is -2.42. The molecule has 0 aliphatic carbocycles. The van der Waals surface area contributed by atoms with Crippen LogP contribution in [0.3, 0.4) is 0 Å². The number of fused-ring (bicyclic) bond motifs is 4. The van der Waals surface area contributed by atoms with Crippen LogP contribution in [0.5, 0.6) is 5.75 Å². The number of halogens is 3. The molecule has 0 radical (unpaired) electrons. The Balaban J connectivity index is 1.77. The summed E-state index contributed by atoms with van der Waals surface area (Å²) in [6.45, 7) is 5.22. The van der Waals surface area contributed by atoms with Gasteiger partial charge in [0.2, 0.25) is 5.43 Å². The van der Waals surface area contributed by atoms with Crippen molar-refractivity contribution in [3.05, 3.63) is 62.8 Å². The summed E-state index contributed by atoms with van der Waals surface area (Å²) in [6.07, 6.45) is 3.13. The molecule has 206 valence electrons. The number of carbonyl (C=O) groups excluding carboxylic acids is 2. The second-order valence-electron chi connectivity index (χ2n) is 9.75. The number of unbranched alkanes of at least 4 members (excludes halogenated alkanes) is 1. The Morgan fingerprint density at radius 1 is 1.18 bits per heavy atom. The molecular formula is C26H31F3N4O5. The number of hydrogen-bond acceptors (Lipinski definition) is 6. The lowest BCUT2D eigenvalue weighted by Crippen LogP contribution is -2.57. The maximum absolute atomic E-state index is 14.1. The van der Waals surface area contributed by atoms with Crippen molar-refractivity contribution in [1.82, 2.24) is 14.9 Å². The number of aliphatic hydroxyl groups is 1. The average molecular weight is 537 g/mol. The van der Waals surface area contributed by atoms with Crippen molar-refractivity contribution in [2.24, 2.45) is 5.92 Å². The molecule has 9 nitrogen and oxygen atoms in total. The van der Waals surface area contributed by atoms with E-state index in [1.54, 1.807) is 4.90 Å². The van der Waals surface area contributed by atoms with Crippen LogP contribution >= 0.6 is 0 Å². The Bertz CT molecular complexity index is 1280. The standard InChI is InChI=1S/C26H31F3N4O5/c1-4-5-6-38-24-22-26(37)31-13-33(14(2)7-16(12-34)15(31)3)32(22)11-19(23(24)35)25(36)30-10-18-20(28)8-17(27)9-21(18)29/h8-9,11,14-16,34H,4-7,10,12-13H2,1-3H3,(H,30,36)/t14-,15+,16+/m1/s1. The zero-order valence-corrected chi connectivity index (χ0v) is 21.5. The SMILES string of the molecule is CCCCOc1c2n(cc(C(=O)NCc3c(F)cc(F)cc3F)c1=O)N1CN(C2=O)[C@@H](C)[C@H](CO)C[C@H]1C. The monoisotopic (exact) mass is 536 g/mol. The predicted molar refractivity (Wildman–Crippen MR) is 132 cm³/mol. The predicted octanol–water partition coefficient (Wildman–Crippen LogP) is 2.52. The van der Waals surface area contributed by atoms with Gasteiger partial charge in [0, 0.05) is 55.0 Å². The molecule has 2 aliphatic heterocycles. The van der Waals surface area contributed by atoms with Gasteiger partial charge < -0.3 is 20.1 Å². The van der Waals surface area contributed by atoms with Gasteiger partial charge in [-0.25, -0.2) is 13.2 Å². The number of pyridine rings is 1. The summed E-state index contributed by atoms with van der Waals surface area (Å²) < 4.78 is 48.6. The van der Waals surface area contributed by atoms with E-state index in [9.17, 15) is 32.7 Å². The molecule has 0 unspecified atom stereocenters. The number of hydrogen-bond donors (Lipinski definition) is 2. The highest BCUT2D eigenvalue weighted by Crippen LogP contribution is 2.32. The van der Waals surface area contributed by atoms with E-state index in [0.717, 1.165) is 6.42 Å². The normalized spacial score (nSPS) is 20.7. The van der Waals surface area contributed by atoms with Gasteiger partial charge in [-0.05, 0) is 26.7 Å². The van der Waals surface area contributed by atoms with Crippen LogP contribution in [0.1, 0.15) is 66.4 Å². The highest BCUT2D eigenvalue weighted by molar-refractivity contribution is 5.99. The molecule has 0 saturated carbocycles. The highest BCUT2D eigenvalue weighted by atomic mass is 19.1. The molecule has 12 heteroatoms. The van der Waals surface area contributed by atoms with E-state index >= 15 is 0 Å². The maximum Gasteiger partial charge on any atom is 0.278 e. The number of aromatic nitrogens is 1. The molecule has 0 spiro atoms. The molecule has 2 bridgehead atoms. The van der Waals surface area contributed by atoms with Gasteiger partial charge in [0.1, 0.15) is 29.7 Å². The molecule has 4 rings (SSSR count). The third-order valence-electron chi connectivity index (χ3n) is 7.27. The number of carbonyl (C=O) groups is 2. The van der Waals surface area contributed by atoms with E-state index in [4.69, 9.17) is 4.74 Å². The van der Waals surface area contributed by atoms with E-state index < -0.39 is 46.8 Å². The lowest BCUT2D eigenvalue weighted by molar-refractivity contribution is 0.0539. The van der Waals surface area contributed by atoms with E-state index in [1.807, 2.05) is 25.8 Å². The van der Waals surface area contributed by atoms with Crippen LogP contribution in [0.25, 0.3) is 0 Å². The van der Waals surface area contributed by atoms with E-state index in [-0.39, 0.29) is 54.9 Å². The zero-order valence-electron chi connectivity index (χ0n) is 21.5. The third kappa shape index (κ3) is 4.96. The first-order valence-corrected chi connectivity index (χ1v) is 12.6. The quantitative estimate of drug-likeness (QED) is 0.503. The van der Waals surface area contributed by atoms with Crippen molar-refractivity contribution in [3.8, 4) is 5.75 Å². The van der Waals surface area contributed by atoms with Gasteiger partial charge in [-0.1, -0.05) is 13.3 Å². The molecule has 2 aliphatic rings. The Kier molecular flexibility index (Phi) is 8.00. The molecule has 2 amide bonds. The number of aliphatic hydroxyl groups excluding tert-OH is 1. The number of nitrogens with one attached hydrogen (secondary N) is 1. The van der Waals surface area contributed by atoms with Gasteiger partial charge in [0.05, 0.1) is 6.61 Å². The molecular weight excluding hydrogens is 505 g/mol. The minimum Gasteiger partial charge on any atom is -0.487 e. The van der Waals surface area contributed by atoms with Crippen LogP contribution in [0.15, 0.2) is 23.1 Å². The Labute approximate surface area is 217 Å². The van der Waals surface area contributed by atoms with Crippen molar-refractivity contribution in [2.75, 3.05) is 24.9 Å². The number of benzene rings is 1. The van der Waals surface area contributed by atoms with Crippen LogP contribution in [0, 0.1) is 23.4 Å². The van der Waals surface area contributed by atoms with Gasteiger partial charge >= 0.3 is 0 Å². The second-order valence-corrected chi connectivity index (χ2v) is 9.75. The minimum atomic E-state index is -1.18. The van der Waals surface area contributed by atoms with Gasteiger partial charge in [-0.2, -0.15) is 0 Å². The zero-order chi connectivity index (χ0) is 27.7. The van der Waals surface area contributed by atoms with Crippen molar-refractivity contribution in [2.45, 2.75) is 58.7 Å². The first kappa shape index (κ1) is 27.5. The minimum absolute atomic E-state index is 0.0261. The first-order valence-electron chi connectivity index (χ1n) is 12.6. The maximum atomic E-state index is 14.1. The van der Waals surface area contributed by atoms with E-state index in [2.05, 4.69) is 5.32 Å². The summed E-state index contributed by atoms with van der Waals surface area (Å²) in [6, 6.07) is 0.500. The number of amides is 2. The van der Waals surface area contributed by atoms with Crippen LogP contribution in [0.4, 0.5) is 13.2 Å². The number of ether oxygens (including phenoxy) is 1. The van der Waals surface area contributed by atoms with Crippen molar-refractivity contribution in [3.63, 3.8) is 0 Å². The summed E-state index contributed by atoms with van der Waals surface area (Å²) in [7, 11) is 0. The summed E-state index contributed by atoms with van der Waals surface area (Å²) in [5.41, 5.74) is -1.80. The fraction of sp³-hybridized carbons (Fsp3) is 0.500. The fourth-order valence-corrected chi connectivity index (χ4v) is 4.92. The fourth-order valence-electron chi connectivity index (χ4n) is 4.92. The van der Waals surface area contributed by atoms with Gasteiger partial charge in [0.15, 0.2) is 11.4 Å².